The van der Waals surface area contributed by atoms with Crippen molar-refractivity contribution in [2.75, 3.05) is 26.2 Å². The number of ether oxygens (including phenoxy) is 3. The highest BCUT2D eigenvalue weighted by molar-refractivity contribution is 7.90. The number of hydrogen-bond acceptors (Lipinski definition) is 9. The van der Waals surface area contributed by atoms with E-state index >= 15 is 0 Å². The van der Waals surface area contributed by atoms with Gasteiger partial charge in [0.15, 0.2) is 21.3 Å². The van der Waals surface area contributed by atoms with Crippen LogP contribution in [0.2, 0.25) is 0 Å². The minimum atomic E-state index is -3.76. The van der Waals surface area contributed by atoms with Crippen molar-refractivity contribution >= 4 is 21.4 Å². The minimum Gasteiger partial charge on any atom is -0.491 e. The van der Waals surface area contributed by atoms with Crippen LogP contribution in [-0.2, 0) is 9.84 Å². The van der Waals surface area contributed by atoms with Crippen LogP contribution in [0.3, 0.4) is 0 Å². The van der Waals surface area contributed by atoms with Crippen LogP contribution in [0, 0.1) is 10.1 Å². The van der Waals surface area contributed by atoms with Gasteiger partial charge in [0.05, 0.1) is 9.82 Å². The zero-order chi connectivity index (χ0) is 21.9. The van der Waals surface area contributed by atoms with Crippen LogP contribution < -0.4 is 19.5 Å². The Morgan fingerprint density at radius 2 is 2.00 bits per heavy atom. The molecule has 1 aliphatic heterocycles. The number of non-ortho nitro benzene ring substituents is 1. The van der Waals surface area contributed by atoms with E-state index < -0.39 is 32.5 Å². The van der Waals surface area contributed by atoms with Gasteiger partial charge in [0.2, 0.25) is 6.79 Å². The molecule has 160 valence electrons. The van der Waals surface area contributed by atoms with E-state index in [1.54, 1.807) is 18.2 Å². The number of rotatable bonds is 8. The summed E-state index contributed by atoms with van der Waals surface area (Å²) in [7, 11) is -3.76. The summed E-state index contributed by atoms with van der Waals surface area (Å²) >= 11 is 0. The number of hydrogen-bond donors (Lipinski definition) is 2. The van der Waals surface area contributed by atoms with Crippen molar-refractivity contribution in [1.82, 2.24) is 5.32 Å². The molecular formula is C18H18N2O9S. The van der Waals surface area contributed by atoms with Crippen molar-refractivity contribution in [3.8, 4) is 17.2 Å². The van der Waals surface area contributed by atoms with E-state index in [9.17, 15) is 28.4 Å². The summed E-state index contributed by atoms with van der Waals surface area (Å²) in [6.07, 6.45) is -0.210. The van der Waals surface area contributed by atoms with Gasteiger partial charge in [-0.25, -0.2) is 8.42 Å². The van der Waals surface area contributed by atoms with E-state index in [0.717, 1.165) is 24.5 Å². The van der Waals surface area contributed by atoms with Crippen LogP contribution >= 0.6 is 0 Å². The molecule has 1 amide bonds. The first-order chi connectivity index (χ1) is 14.1. The van der Waals surface area contributed by atoms with Crippen LogP contribution in [0.5, 0.6) is 17.2 Å². The van der Waals surface area contributed by atoms with Crippen molar-refractivity contribution in [3.05, 3.63) is 52.1 Å². The van der Waals surface area contributed by atoms with Gasteiger partial charge < -0.3 is 24.6 Å². The first kappa shape index (κ1) is 21.3. The molecule has 3 rings (SSSR count). The molecule has 1 heterocycles. The van der Waals surface area contributed by atoms with Gasteiger partial charge >= 0.3 is 0 Å². The highest BCUT2D eigenvalue weighted by Crippen LogP contribution is 2.35. The van der Waals surface area contributed by atoms with Crippen molar-refractivity contribution in [1.29, 1.82) is 0 Å². The van der Waals surface area contributed by atoms with Crippen molar-refractivity contribution < 1.29 is 37.5 Å². The maximum Gasteiger partial charge on any atom is 0.271 e. The molecule has 2 aromatic carbocycles. The number of aliphatic hydroxyl groups excluding tert-OH is 1. The Morgan fingerprint density at radius 1 is 1.27 bits per heavy atom. The largest absolute Gasteiger partial charge is 0.491 e. The van der Waals surface area contributed by atoms with E-state index in [1.165, 1.54) is 0 Å². The Bertz CT molecular complexity index is 1090. The monoisotopic (exact) mass is 438 g/mol. The molecule has 1 aliphatic rings. The number of aliphatic hydroxyl groups is 1. The summed E-state index contributed by atoms with van der Waals surface area (Å²) < 4.78 is 39.3. The lowest BCUT2D eigenvalue weighted by molar-refractivity contribution is -0.385. The lowest BCUT2D eigenvalue weighted by Gasteiger charge is -2.14. The lowest BCUT2D eigenvalue weighted by atomic mass is 10.2. The molecule has 1 unspecified atom stereocenters. The fraction of sp³-hybridized carbons (Fsp3) is 0.278. The van der Waals surface area contributed by atoms with Gasteiger partial charge in [-0.1, -0.05) is 0 Å². The van der Waals surface area contributed by atoms with Crippen molar-refractivity contribution in [2.45, 2.75) is 11.0 Å². The van der Waals surface area contributed by atoms with Crippen molar-refractivity contribution in [3.63, 3.8) is 0 Å². The quantitative estimate of drug-likeness (QED) is 0.452. The number of nitro groups is 1. The number of nitrogens with one attached hydrogen (secondary N) is 1. The number of nitro benzene ring substituents is 1. The summed E-state index contributed by atoms with van der Waals surface area (Å²) in [5, 5.41) is 23.4. The van der Waals surface area contributed by atoms with Gasteiger partial charge in [-0.05, 0) is 18.2 Å². The third-order valence-corrected chi connectivity index (χ3v) is 5.17. The van der Waals surface area contributed by atoms with E-state index in [2.05, 4.69) is 5.32 Å². The molecule has 30 heavy (non-hydrogen) atoms. The van der Waals surface area contributed by atoms with E-state index in [4.69, 9.17) is 14.2 Å². The molecule has 2 aromatic rings. The van der Waals surface area contributed by atoms with E-state index in [0.29, 0.717) is 17.2 Å². The maximum atomic E-state index is 12.3. The third kappa shape index (κ3) is 5.15. The minimum absolute atomic E-state index is 0.117. The standard InChI is InChI=1S/C18H18N2O9S/c1-30(25,26)15-5-11(4-12(6-15)20(23)24)18(22)19-8-13(21)9-27-14-2-3-16-17(7-14)29-10-28-16/h2-7,13,21H,8-10H2,1H3,(H,19,22). The summed E-state index contributed by atoms with van der Waals surface area (Å²) in [6.45, 7) is -0.254. The molecule has 0 saturated carbocycles. The van der Waals surface area contributed by atoms with Crippen LogP contribution in [0.4, 0.5) is 5.69 Å². The predicted octanol–water partition coefficient (Wildman–Crippen LogP) is 0.897. The number of benzene rings is 2. The molecule has 12 heteroatoms. The van der Waals surface area contributed by atoms with Gasteiger partial charge in [0.1, 0.15) is 18.5 Å². The molecule has 2 N–H and O–H groups in total. The lowest BCUT2D eigenvalue weighted by Crippen LogP contribution is -2.35. The Labute approximate surface area is 171 Å². The average molecular weight is 438 g/mol. The fourth-order valence-electron chi connectivity index (χ4n) is 2.56. The SMILES string of the molecule is CS(=O)(=O)c1cc(C(=O)NCC(O)COc2ccc3c(c2)OCO3)cc([N+](=O)[O-])c1. The van der Waals surface area contributed by atoms with Crippen LogP contribution in [0.15, 0.2) is 41.3 Å². The number of carbonyl (C=O) groups is 1. The second-order valence-electron chi connectivity index (χ2n) is 6.43. The zero-order valence-electron chi connectivity index (χ0n) is 15.7. The Kier molecular flexibility index (Phi) is 6.08. The van der Waals surface area contributed by atoms with Gasteiger partial charge in [-0.3, -0.25) is 14.9 Å². The molecule has 0 fully saturated rings. The first-order valence-corrected chi connectivity index (χ1v) is 10.5. The third-order valence-electron chi connectivity index (χ3n) is 4.08. The van der Waals surface area contributed by atoms with Gasteiger partial charge in [-0.2, -0.15) is 0 Å². The summed E-state index contributed by atoms with van der Waals surface area (Å²) in [4.78, 5) is 22.2. The molecule has 11 nitrogen and oxygen atoms in total. The second kappa shape index (κ2) is 8.55. The summed E-state index contributed by atoms with van der Waals surface area (Å²) in [5.41, 5.74) is -0.747. The number of fused-ring (bicyclic) bond motifs is 1. The molecule has 0 saturated heterocycles. The summed E-state index contributed by atoms with van der Waals surface area (Å²) in [5.74, 6) is 0.759. The highest BCUT2D eigenvalue weighted by Gasteiger charge is 2.20. The van der Waals surface area contributed by atoms with E-state index in [1.807, 2.05) is 0 Å². The normalized spacial score (nSPS) is 13.5. The molecule has 0 aromatic heterocycles. The van der Waals surface area contributed by atoms with E-state index in [-0.39, 0.29) is 30.4 Å². The fourth-order valence-corrected chi connectivity index (χ4v) is 3.24. The topological polar surface area (TPSA) is 154 Å². The zero-order valence-corrected chi connectivity index (χ0v) is 16.5. The number of carbonyl (C=O) groups excluding carboxylic acids is 1. The molecule has 1 atom stereocenters. The Morgan fingerprint density at radius 3 is 2.70 bits per heavy atom. The highest BCUT2D eigenvalue weighted by atomic mass is 32.2. The van der Waals surface area contributed by atoms with Gasteiger partial charge in [0.25, 0.3) is 11.6 Å². The molecule has 0 aliphatic carbocycles. The Balaban J connectivity index is 1.59. The molecule has 0 radical (unpaired) electrons. The van der Waals surface area contributed by atoms with Gasteiger partial charge in [-0.15, -0.1) is 0 Å². The van der Waals surface area contributed by atoms with Crippen LogP contribution in [0.1, 0.15) is 10.4 Å². The molecular weight excluding hydrogens is 420 g/mol. The first-order valence-electron chi connectivity index (χ1n) is 8.62. The van der Waals surface area contributed by atoms with Crippen LogP contribution in [-0.4, -0.2) is 56.7 Å². The number of nitrogens with zero attached hydrogens (tertiary/aromatic N) is 1. The van der Waals surface area contributed by atoms with Gasteiger partial charge in [0, 0.05) is 36.6 Å². The molecule has 0 spiro atoms. The maximum absolute atomic E-state index is 12.3. The Hall–Kier alpha value is -3.38. The number of sulfone groups is 1. The summed E-state index contributed by atoms with van der Waals surface area (Å²) in [6, 6.07) is 7.76. The second-order valence-corrected chi connectivity index (χ2v) is 8.45. The predicted molar refractivity (Wildman–Crippen MR) is 103 cm³/mol. The van der Waals surface area contributed by atoms with Crippen LogP contribution in [0.25, 0.3) is 0 Å². The molecule has 0 bridgehead atoms. The average Bonchev–Trinajstić information content (AvgIpc) is 3.17. The van der Waals surface area contributed by atoms with Crippen molar-refractivity contribution in [2.24, 2.45) is 0 Å². The smallest absolute Gasteiger partial charge is 0.271 e. The number of amides is 1.